The van der Waals surface area contributed by atoms with Gasteiger partial charge in [-0.25, -0.2) is 8.42 Å². The number of sulfonamides is 1. The summed E-state index contributed by atoms with van der Waals surface area (Å²) in [6.07, 6.45) is 1.64. The van der Waals surface area contributed by atoms with E-state index in [1.54, 1.807) is 37.3 Å². The zero-order valence-electron chi connectivity index (χ0n) is 22.8. The lowest BCUT2D eigenvalue weighted by Gasteiger charge is -2.32. The molecular weight excluding hydrogens is 628 g/mol. The monoisotopic (exact) mass is 657 g/mol. The van der Waals surface area contributed by atoms with Gasteiger partial charge in [0.15, 0.2) is 0 Å². The fraction of sp³-hybridized carbons (Fsp3) is 0.310. The van der Waals surface area contributed by atoms with Crippen molar-refractivity contribution in [3.63, 3.8) is 0 Å². The first kappa shape index (κ1) is 33.0. The number of unbranched alkanes of at least 4 members (excludes halogenated alkanes) is 1. The first-order chi connectivity index (χ1) is 19.4. The van der Waals surface area contributed by atoms with E-state index < -0.39 is 34.4 Å². The Hall–Kier alpha value is -2.49. The van der Waals surface area contributed by atoms with Crippen LogP contribution in [0.25, 0.3) is 0 Å². The Kier molecular flexibility index (Phi) is 11.8. The fourth-order valence-electron chi connectivity index (χ4n) is 4.00. The number of carbonyl (C=O) groups is 2. The summed E-state index contributed by atoms with van der Waals surface area (Å²) in [7, 11) is -4.30. The van der Waals surface area contributed by atoms with E-state index in [4.69, 9.17) is 46.4 Å². The minimum atomic E-state index is -4.30. The molecule has 1 atom stereocenters. The van der Waals surface area contributed by atoms with Crippen LogP contribution in [-0.2, 0) is 26.2 Å². The number of halogens is 4. The maximum absolute atomic E-state index is 14.0. The predicted octanol–water partition coefficient (Wildman–Crippen LogP) is 7.14. The summed E-state index contributed by atoms with van der Waals surface area (Å²) < 4.78 is 28.8. The Bertz CT molecular complexity index is 1480. The van der Waals surface area contributed by atoms with E-state index in [1.807, 2.05) is 13.8 Å². The molecule has 0 spiro atoms. The van der Waals surface area contributed by atoms with Crippen molar-refractivity contribution in [2.45, 2.75) is 51.1 Å². The molecule has 0 aromatic heterocycles. The molecule has 1 N–H and O–H groups in total. The number of anilines is 1. The Labute approximate surface area is 261 Å². The number of hydrogen-bond acceptors (Lipinski definition) is 4. The minimum absolute atomic E-state index is 0.0175. The summed E-state index contributed by atoms with van der Waals surface area (Å²) in [5.74, 6) is -1.07. The summed E-state index contributed by atoms with van der Waals surface area (Å²) in [6.45, 7) is 5.01. The van der Waals surface area contributed by atoms with Crippen LogP contribution in [0.15, 0.2) is 65.6 Å². The van der Waals surface area contributed by atoms with Crippen LogP contribution < -0.4 is 9.62 Å². The molecule has 0 aliphatic heterocycles. The third-order valence-electron chi connectivity index (χ3n) is 6.45. The molecule has 220 valence electrons. The zero-order valence-corrected chi connectivity index (χ0v) is 26.7. The SMILES string of the molecule is CCCCNC(=O)[C@@H](C)N(Cc1c(Cl)cccc1Cl)C(=O)CN(c1cc(Cl)ccc1Cl)S(=O)(=O)c1ccc(C)cc1. The smallest absolute Gasteiger partial charge is 0.264 e. The second-order valence-corrected chi connectivity index (χ2v) is 13.0. The first-order valence-electron chi connectivity index (χ1n) is 12.9. The van der Waals surface area contributed by atoms with E-state index in [0.29, 0.717) is 22.2 Å². The van der Waals surface area contributed by atoms with Gasteiger partial charge in [-0.2, -0.15) is 0 Å². The van der Waals surface area contributed by atoms with E-state index in [0.717, 1.165) is 22.7 Å². The van der Waals surface area contributed by atoms with Gasteiger partial charge in [-0.05, 0) is 62.7 Å². The van der Waals surface area contributed by atoms with Crippen molar-refractivity contribution in [1.82, 2.24) is 10.2 Å². The second-order valence-electron chi connectivity index (χ2n) is 9.46. The van der Waals surface area contributed by atoms with Crippen LogP contribution >= 0.6 is 46.4 Å². The van der Waals surface area contributed by atoms with Crippen molar-refractivity contribution in [2.75, 3.05) is 17.4 Å². The average Bonchev–Trinajstić information content (AvgIpc) is 2.93. The standard InChI is InChI=1S/C29H31Cl4N3O4S/c1-4-5-15-34-29(38)20(3)35(17-23-24(31)7-6-8-25(23)32)28(37)18-36(27-16-21(30)11-14-26(27)33)41(39,40)22-12-9-19(2)10-13-22/h6-14,16,20H,4-5,15,17-18H2,1-3H3,(H,34,38)/t20-/m1/s1. The highest BCUT2D eigenvalue weighted by atomic mass is 35.5. The van der Waals surface area contributed by atoms with Crippen molar-refractivity contribution in [1.29, 1.82) is 0 Å². The molecule has 0 unspecified atom stereocenters. The van der Waals surface area contributed by atoms with Gasteiger partial charge in [0.25, 0.3) is 10.0 Å². The largest absolute Gasteiger partial charge is 0.354 e. The third-order valence-corrected chi connectivity index (χ3v) is 9.49. The van der Waals surface area contributed by atoms with Crippen LogP contribution in [-0.4, -0.2) is 44.3 Å². The quantitative estimate of drug-likeness (QED) is 0.210. The van der Waals surface area contributed by atoms with Gasteiger partial charge in [-0.1, -0.05) is 83.5 Å². The van der Waals surface area contributed by atoms with Crippen molar-refractivity contribution in [3.8, 4) is 0 Å². The van der Waals surface area contributed by atoms with E-state index in [9.17, 15) is 18.0 Å². The topological polar surface area (TPSA) is 86.8 Å². The molecule has 0 fully saturated rings. The van der Waals surface area contributed by atoms with Crippen LogP contribution in [0.5, 0.6) is 0 Å². The van der Waals surface area contributed by atoms with E-state index in [1.165, 1.54) is 35.2 Å². The molecule has 2 amide bonds. The molecule has 3 aromatic rings. The average molecular weight is 659 g/mol. The fourth-order valence-corrected chi connectivity index (χ4v) is 6.38. The number of aryl methyl sites for hydroxylation is 1. The Balaban J connectivity index is 2.08. The first-order valence-corrected chi connectivity index (χ1v) is 15.9. The maximum atomic E-state index is 14.0. The van der Waals surface area contributed by atoms with Crippen LogP contribution in [0.2, 0.25) is 20.1 Å². The highest BCUT2D eigenvalue weighted by Crippen LogP contribution is 2.34. The van der Waals surface area contributed by atoms with Gasteiger partial charge >= 0.3 is 0 Å². The molecule has 0 saturated carbocycles. The lowest BCUT2D eigenvalue weighted by molar-refractivity contribution is -0.139. The van der Waals surface area contributed by atoms with Crippen LogP contribution in [0.3, 0.4) is 0 Å². The molecule has 12 heteroatoms. The number of benzene rings is 3. The van der Waals surface area contributed by atoms with Crippen molar-refractivity contribution in [3.05, 3.63) is 91.9 Å². The Morgan fingerprint density at radius 3 is 2.17 bits per heavy atom. The summed E-state index contributed by atoms with van der Waals surface area (Å²) in [4.78, 5) is 28.3. The summed E-state index contributed by atoms with van der Waals surface area (Å²) in [5.41, 5.74) is 1.30. The molecule has 3 aromatic carbocycles. The van der Waals surface area contributed by atoms with Crippen molar-refractivity contribution in [2.24, 2.45) is 0 Å². The third kappa shape index (κ3) is 8.30. The lowest BCUT2D eigenvalue weighted by atomic mass is 10.1. The molecule has 0 radical (unpaired) electrons. The van der Waals surface area contributed by atoms with E-state index in [2.05, 4.69) is 5.32 Å². The number of rotatable bonds is 12. The number of nitrogens with zero attached hydrogens (tertiary/aromatic N) is 2. The lowest BCUT2D eigenvalue weighted by Crippen LogP contribution is -2.51. The Morgan fingerprint density at radius 1 is 0.927 bits per heavy atom. The van der Waals surface area contributed by atoms with Crippen LogP contribution in [0, 0.1) is 6.92 Å². The van der Waals surface area contributed by atoms with Gasteiger partial charge < -0.3 is 10.2 Å². The number of nitrogens with one attached hydrogen (secondary N) is 1. The molecule has 0 bridgehead atoms. The molecule has 7 nitrogen and oxygen atoms in total. The van der Waals surface area contributed by atoms with Gasteiger partial charge in [0, 0.05) is 33.7 Å². The predicted molar refractivity (Wildman–Crippen MR) is 167 cm³/mol. The van der Waals surface area contributed by atoms with E-state index >= 15 is 0 Å². The maximum Gasteiger partial charge on any atom is 0.264 e. The van der Waals surface area contributed by atoms with Crippen molar-refractivity contribution >= 4 is 73.9 Å². The highest BCUT2D eigenvalue weighted by molar-refractivity contribution is 7.92. The number of amides is 2. The van der Waals surface area contributed by atoms with Gasteiger partial charge in [0.05, 0.1) is 15.6 Å². The Morgan fingerprint density at radius 2 is 1.56 bits per heavy atom. The van der Waals surface area contributed by atoms with Gasteiger partial charge in [0.1, 0.15) is 12.6 Å². The molecule has 0 heterocycles. The van der Waals surface area contributed by atoms with Crippen molar-refractivity contribution < 1.29 is 18.0 Å². The number of carbonyl (C=O) groups excluding carboxylic acids is 2. The van der Waals surface area contributed by atoms with Gasteiger partial charge in [-0.3, -0.25) is 13.9 Å². The van der Waals surface area contributed by atoms with Crippen LogP contribution in [0.1, 0.15) is 37.8 Å². The van der Waals surface area contributed by atoms with Gasteiger partial charge in [0.2, 0.25) is 11.8 Å². The summed E-state index contributed by atoms with van der Waals surface area (Å²) in [5, 5.41) is 3.73. The zero-order chi connectivity index (χ0) is 30.3. The molecule has 0 saturated heterocycles. The molecule has 41 heavy (non-hydrogen) atoms. The van der Waals surface area contributed by atoms with Crippen LogP contribution in [0.4, 0.5) is 5.69 Å². The molecule has 0 aliphatic rings. The van der Waals surface area contributed by atoms with Gasteiger partial charge in [-0.15, -0.1) is 0 Å². The minimum Gasteiger partial charge on any atom is -0.354 e. The van der Waals surface area contributed by atoms with E-state index in [-0.39, 0.29) is 27.2 Å². The molecular formula is C29H31Cl4N3O4S. The molecule has 3 rings (SSSR count). The summed E-state index contributed by atoms with van der Waals surface area (Å²) in [6, 6.07) is 14.5. The highest BCUT2D eigenvalue weighted by Gasteiger charge is 2.34. The second kappa shape index (κ2) is 14.6. The molecule has 0 aliphatic carbocycles. The number of hydrogen-bond donors (Lipinski definition) is 1. The normalized spacial score (nSPS) is 12.1. The summed E-state index contributed by atoms with van der Waals surface area (Å²) >= 11 is 25.5.